The molecular formula is C19H23ClN4OS. The highest BCUT2D eigenvalue weighted by molar-refractivity contribution is 7.80. The third-order valence-electron chi connectivity index (χ3n) is 4.03. The number of hydrogen-bond acceptors (Lipinski definition) is 4. The van der Waals surface area contributed by atoms with E-state index in [2.05, 4.69) is 34.6 Å². The van der Waals surface area contributed by atoms with E-state index >= 15 is 0 Å². The highest BCUT2D eigenvalue weighted by atomic mass is 35.5. The van der Waals surface area contributed by atoms with E-state index in [0.29, 0.717) is 15.7 Å². The van der Waals surface area contributed by atoms with Gasteiger partial charge >= 0.3 is 0 Å². The molecule has 0 aliphatic heterocycles. The molecule has 0 aliphatic rings. The van der Waals surface area contributed by atoms with E-state index < -0.39 is 0 Å². The lowest BCUT2D eigenvalue weighted by Gasteiger charge is -2.21. The summed E-state index contributed by atoms with van der Waals surface area (Å²) in [5.41, 5.74) is 6.05. The number of hydrogen-bond donors (Lipinski definition) is 3. The minimum Gasteiger partial charge on any atom is -0.507 e. The van der Waals surface area contributed by atoms with Crippen molar-refractivity contribution >= 4 is 46.5 Å². The molecule has 138 valence electrons. The maximum absolute atomic E-state index is 10.2. The van der Waals surface area contributed by atoms with Crippen LogP contribution in [-0.2, 0) is 0 Å². The van der Waals surface area contributed by atoms with E-state index in [4.69, 9.17) is 23.8 Å². The highest BCUT2D eigenvalue weighted by Crippen LogP contribution is 2.24. The van der Waals surface area contributed by atoms with Crippen LogP contribution in [0.1, 0.15) is 25.0 Å². The molecule has 2 aromatic rings. The summed E-state index contributed by atoms with van der Waals surface area (Å²) in [6.07, 6.45) is 1.53. The molecule has 0 aliphatic carbocycles. The molecule has 0 unspecified atom stereocenters. The zero-order chi connectivity index (χ0) is 19.1. The van der Waals surface area contributed by atoms with Gasteiger partial charge in [0.15, 0.2) is 5.11 Å². The summed E-state index contributed by atoms with van der Waals surface area (Å²) in [6.45, 7) is 7.83. The van der Waals surface area contributed by atoms with Crippen LogP contribution in [0.4, 0.5) is 11.4 Å². The Kier molecular flexibility index (Phi) is 7.24. The first kappa shape index (κ1) is 20.0. The van der Waals surface area contributed by atoms with Gasteiger partial charge in [-0.25, -0.2) is 0 Å². The lowest BCUT2D eigenvalue weighted by molar-refractivity contribution is 0.474. The summed E-state index contributed by atoms with van der Waals surface area (Å²) in [6, 6.07) is 11.1. The molecule has 7 heteroatoms. The maximum Gasteiger partial charge on any atom is 0.191 e. The first-order chi connectivity index (χ1) is 12.5. The zero-order valence-electron chi connectivity index (χ0n) is 15.1. The van der Waals surface area contributed by atoms with Gasteiger partial charge in [-0.15, -0.1) is 0 Å². The molecule has 0 spiro atoms. The second-order valence-corrected chi connectivity index (χ2v) is 6.47. The van der Waals surface area contributed by atoms with Crippen LogP contribution in [0.5, 0.6) is 5.75 Å². The minimum atomic E-state index is 0.171. The molecular weight excluding hydrogens is 368 g/mol. The third-order valence-corrected chi connectivity index (χ3v) is 4.63. The van der Waals surface area contributed by atoms with Crippen LogP contribution in [-0.4, -0.2) is 29.5 Å². The van der Waals surface area contributed by atoms with E-state index in [1.807, 2.05) is 37.3 Å². The Bertz CT molecular complexity index is 806. The number of rotatable bonds is 6. The van der Waals surface area contributed by atoms with Crippen molar-refractivity contribution in [2.45, 2.75) is 20.8 Å². The molecule has 26 heavy (non-hydrogen) atoms. The summed E-state index contributed by atoms with van der Waals surface area (Å²) in [4.78, 5) is 2.16. The zero-order valence-corrected chi connectivity index (χ0v) is 16.7. The molecule has 3 N–H and O–H groups in total. The average Bonchev–Trinajstić information content (AvgIpc) is 2.62. The second kappa shape index (κ2) is 9.40. The topological polar surface area (TPSA) is 59.9 Å². The van der Waals surface area contributed by atoms with Gasteiger partial charge in [-0.3, -0.25) is 5.43 Å². The average molecular weight is 391 g/mol. The van der Waals surface area contributed by atoms with Crippen molar-refractivity contribution in [3.8, 4) is 5.75 Å². The standard InChI is InChI=1S/C19H23ClN4OS/c1-4-24(5-2)15-10-9-14(18(25)11-15)12-21-23-19(26)22-17-8-6-7-16(20)13(17)3/h6-12,25H,4-5H2,1-3H3,(H2,22,23,26)/b21-12+. The second-order valence-electron chi connectivity index (χ2n) is 5.65. The van der Waals surface area contributed by atoms with E-state index in [-0.39, 0.29) is 5.75 Å². The van der Waals surface area contributed by atoms with Gasteiger partial charge in [-0.05, 0) is 62.8 Å². The van der Waals surface area contributed by atoms with E-state index in [0.717, 1.165) is 30.0 Å². The Morgan fingerprint density at radius 3 is 2.65 bits per heavy atom. The van der Waals surface area contributed by atoms with Gasteiger partial charge < -0.3 is 15.3 Å². The van der Waals surface area contributed by atoms with Gasteiger partial charge in [0, 0.05) is 41.1 Å². The summed E-state index contributed by atoms with van der Waals surface area (Å²) in [5.74, 6) is 0.171. The SMILES string of the molecule is CCN(CC)c1ccc(/C=N/NC(=S)Nc2cccc(Cl)c2C)c(O)c1. The fraction of sp³-hybridized carbons (Fsp3) is 0.263. The number of thiocarbonyl (C=S) groups is 1. The maximum atomic E-state index is 10.2. The Hall–Kier alpha value is -2.31. The van der Waals surface area contributed by atoms with Crippen molar-refractivity contribution in [2.24, 2.45) is 5.10 Å². The molecule has 0 fully saturated rings. The summed E-state index contributed by atoms with van der Waals surface area (Å²) in [7, 11) is 0. The van der Waals surface area contributed by atoms with Crippen LogP contribution in [0.3, 0.4) is 0 Å². The molecule has 0 bridgehead atoms. The number of hydrazone groups is 1. The molecule has 5 nitrogen and oxygen atoms in total. The van der Waals surface area contributed by atoms with E-state index in [9.17, 15) is 5.11 Å². The number of anilines is 2. The van der Waals surface area contributed by atoms with Crippen LogP contribution in [0.25, 0.3) is 0 Å². The van der Waals surface area contributed by atoms with Gasteiger partial charge in [-0.1, -0.05) is 17.7 Å². The number of benzene rings is 2. The summed E-state index contributed by atoms with van der Waals surface area (Å²) in [5, 5.41) is 18.3. The molecule has 0 aromatic heterocycles. The molecule has 2 rings (SSSR count). The van der Waals surface area contributed by atoms with Crippen LogP contribution in [0.15, 0.2) is 41.5 Å². The number of nitrogens with one attached hydrogen (secondary N) is 2. The Balaban J connectivity index is 1.99. The van der Waals surface area contributed by atoms with Gasteiger partial charge in [0.05, 0.1) is 6.21 Å². The number of phenolic OH excluding ortho intramolecular Hbond substituents is 1. The largest absolute Gasteiger partial charge is 0.507 e. The normalized spacial score (nSPS) is 10.8. The fourth-order valence-corrected chi connectivity index (χ4v) is 2.82. The van der Waals surface area contributed by atoms with Crippen molar-refractivity contribution in [1.29, 1.82) is 0 Å². The first-order valence-corrected chi connectivity index (χ1v) is 9.18. The van der Waals surface area contributed by atoms with Crippen LogP contribution in [0, 0.1) is 6.92 Å². The van der Waals surface area contributed by atoms with Gasteiger partial charge in [0.1, 0.15) is 5.75 Å². The molecule has 0 saturated heterocycles. The predicted octanol–water partition coefficient (Wildman–Crippen LogP) is 4.52. The summed E-state index contributed by atoms with van der Waals surface area (Å²) >= 11 is 11.3. The molecule has 2 aromatic carbocycles. The lowest BCUT2D eigenvalue weighted by Crippen LogP contribution is -2.24. The smallest absolute Gasteiger partial charge is 0.191 e. The van der Waals surface area contributed by atoms with Crippen LogP contribution < -0.4 is 15.6 Å². The first-order valence-electron chi connectivity index (χ1n) is 8.39. The quantitative estimate of drug-likeness (QED) is 0.384. The van der Waals surface area contributed by atoms with Crippen molar-refractivity contribution in [1.82, 2.24) is 5.43 Å². The molecule has 0 atom stereocenters. The van der Waals surface area contributed by atoms with Crippen molar-refractivity contribution < 1.29 is 5.11 Å². The third kappa shape index (κ3) is 5.09. The van der Waals surface area contributed by atoms with Gasteiger partial charge in [-0.2, -0.15) is 5.10 Å². The number of nitrogens with zero attached hydrogens (tertiary/aromatic N) is 2. The number of halogens is 1. The molecule has 0 saturated carbocycles. The number of phenols is 1. The van der Waals surface area contributed by atoms with Crippen molar-refractivity contribution in [2.75, 3.05) is 23.3 Å². The molecule has 0 heterocycles. The van der Waals surface area contributed by atoms with Gasteiger partial charge in [0.25, 0.3) is 0 Å². The highest BCUT2D eigenvalue weighted by Gasteiger charge is 2.06. The van der Waals surface area contributed by atoms with Crippen LogP contribution in [0.2, 0.25) is 5.02 Å². The predicted molar refractivity (Wildman–Crippen MR) is 115 cm³/mol. The monoisotopic (exact) mass is 390 g/mol. The van der Waals surface area contributed by atoms with Crippen molar-refractivity contribution in [3.63, 3.8) is 0 Å². The Morgan fingerprint density at radius 2 is 2.00 bits per heavy atom. The molecule has 0 radical (unpaired) electrons. The van der Waals surface area contributed by atoms with E-state index in [1.54, 1.807) is 6.07 Å². The lowest BCUT2D eigenvalue weighted by atomic mass is 10.2. The van der Waals surface area contributed by atoms with Crippen LogP contribution >= 0.6 is 23.8 Å². The van der Waals surface area contributed by atoms with Crippen molar-refractivity contribution in [3.05, 3.63) is 52.5 Å². The summed E-state index contributed by atoms with van der Waals surface area (Å²) < 4.78 is 0. The fourth-order valence-electron chi connectivity index (χ4n) is 2.48. The molecule has 0 amide bonds. The Labute approximate surface area is 164 Å². The van der Waals surface area contributed by atoms with Gasteiger partial charge in [0.2, 0.25) is 0 Å². The minimum absolute atomic E-state index is 0.171. The van der Waals surface area contributed by atoms with E-state index in [1.165, 1.54) is 6.21 Å². The number of aromatic hydroxyl groups is 1. The Morgan fingerprint density at radius 1 is 1.27 bits per heavy atom.